The SMILES string of the molecule is CNC(CCCl)C(C)(O)c1ccc2ccoc2c1. The Balaban J connectivity index is 2.37. The van der Waals surface area contributed by atoms with Crippen molar-refractivity contribution in [2.75, 3.05) is 12.9 Å². The van der Waals surface area contributed by atoms with Gasteiger partial charge in [-0.15, -0.1) is 11.6 Å². The van der Waals surface area contributed by atoms with Crippen LogP contribution in [-0.4, -0.2) is 24.1 Å². The van der Waals surface area contributed by atoms with E-state index in [1.165, 1.54) is 0 Å². The fraction of sp³-hybridized carbons (Fsp3) is 0.429. The van der Waals surface area contributed by atoms with E-state index in [0.717, 1.165) is 16.5 Å². The summed E-state index contributed by atoms with van der Waals surface area (Å²) in [4.78, 5) is 0. The summed E-state index contributed by atoms with van der Waals surface area (Å²) in [5, 5.41) is 14.9. The Labute approximate surface area is 112 Å². The highest BCUT2D eigenvalue weighted by molar-refractivity contribution is 6.17. The number of benzene rings is 1. The maximum Gasteiger partial charge on any atom is 0.134 e. The molecule has 0 bridgehead atoms. The minimum absolute atomic E-state index is 0.0950. The summed E-state index contributed by atoms with van der Waals surface area (Å²) in [5.74, 6) is 0.505. The third-order valence-electron chi connectivity index (χ3n) is 3.47. The number of fused-ring (bicyclic) bond motifs is 1. The Morgan fingerprint density at radius 2 is 2.22 bits per heavy atom. The van der Waals surface area contributed by atoms with Gasteiger partial charge in [-0.05, 0) is 38.1 Å². The van der Waals surface area contributed by atoms with Gasteiger partial charge in [-0.3, -0.25) is 0 Å². The van der Waals surface area contributed by atoms with Crippen molar-refractivity contribution in [1.82, 2.24) is 5.32 Å². The molecule has 0 spiro atoms. The van der Waals surface area contributed by atoms with Crippen LogP contribution < -0.4 is 5.32 Å². The molecule has 0 amide bonds. The molecule has 0 aliphatic carbocycles. The maximum absolute atomic E-state index is 10.7. The molecule has 1 aromatic heterocycles. The molecule has 98 valence electrons. The largest absolute Gasteiger partial charge is 0.464 e. The minimum Gasteiger partial charge on any atom is -0.464 e. The highest BCUT2D eigenvalue weighted by Crippen LogP contribution is 2.29. The highest BCUT2D eigenvalue weighted by Gasteiger charge is 2.32. The Hall–Kier alpha value is -1.03. The lowest BCUT2D eigenvalue weighted by atomic mass is 9.86. The number of furan rings is 1. The van der Waals surface area contributed by atoms with Gasteiger partial charge >= 0.3 is 0 Å². The fourth-order valence-electron chi connectivity index (χ4n) is 2.29. The molecule has 0 saturated heterocycles. The average Bonchev–Trinajstić information content (AvgIpc) is 2.82. The van der Waals surface area contributed by atoms with Crippen molar-refractivity contribution >= 4 is 22.6 Å². The molecule has 0 radical (unpaired) electrons. The predicted octanol–water partition coefficient (Wildman–Crippen LogP) is 2.86. The number of nitrogens with one attached hydrogen (secondary N) is 1. The molecule has 2 N–H and O–H groups in total. The van der Waals surface area contributed by atoms with Gasteiger partial charge in [0.05, 0.1) is 6.26 Å². The van der Waals surface area contributed by atoms with Gasteiger partial charge in [-0.25, -0.2) is 0 Å². The van der Waals surface area contributed by atoms with E-state index in [1.807, 2.05) is 31.3 Å². The number of halogens is 1. The van der Waals surface area contributed by atoms with Crippen LogP contribution in [0, 0.1) is 0 Å². The second-order valence-corrected chi connectivity index (χ2v) is 5.02. The number of aliphatic hydroxyl groups is 1. The van der Waals surface area contributed by atoms with Gasteiger partial charge in [0.2, 0.25) is 0 Å². The van der Waals surface area contributed by atoms with Crippen LogP contribution in [0.3, 0.4) is 0 Å². The molecule has 0 aliphatic rings. The summed E-state index contributed by atoms with van der Waals surface area (Å²) >= 11 is 5.78. The van der Waals surface area contributed by atoms with E-state index in [9.17, 15) is 5.11 Å². The first-order valence-corrected chi connectivity index (χ1v) is 6.56. The predicted molar refractivity (Wildman–Crippen MR) is 74.0 cm³/mol. The van der Waals surface area contributed by atoms with E-state index in [4.69, 9.17) is 16.0 Å². The van der Waals surface area contributed by atoms with E-state index < -0.39 is 5.60 Å². The van der Waals surface area contributed by atoms with Gasteiger partial charge in [-0.2, -0.15) is 0 Å². The number of alkyl halides is 1. The van der Waals surface area contributed by atoms with Crippen LogP contribution in [0.1, 0.15) is 18.9 Å². The van der Waals surface area contributed by atoms with Gasteiger partial charge in [0.1, 0.15) is 11.2 Å². The quantitative estimate of drug-likeness (QED) is 0.819. The number of hydrogen-bond donors (Lipinski definition) is 2. The first-order chi connectivity index (χ1) is 8.59. The molecule has 18 heavy (non-hydrogen) atoms. The summed E-state index contributed by atoms with van der Waals surface area (Å²) in [6.07, 6.45) is 2.35. The molecule has 2 unspecified atom stereocenters. The number of likely N-dealkylation sites (N-methyl/N-ethyl adjacent to an activating group) is 1. The van der Waals surface area contributed by atoms with E-state index in [-0.39, 0.29) is 6.04 Å². The van der Waals surface area contributed by atoms with Gasteiger partial charge in [0.25, 0.3) is 0 Å². The van der Waals surface area contributed by atoms with Crippen LogP contribution in [0.25, 0.3) is 11.0 Å². The maximum atomic E-state index is 10.7. The van der Waals surface area contributed by atoms with Crippen molar-refractivity contribution in [1.29, 1.82) is 0 Å². The zero-order valence-electron chi connectivity index (χ0n) is 10.6. The summed E-state index contributed by atoms with van der Waals surface area (Å²) in [7, 11) is 1.83. The van der Waals surface area contributed by atoms with Crippen LogP contribution in [0.5, 0.6) is 0 Å². The minimum atomic E-state index is -0.982. The summed E-state index contributed by atoms with van der Waals surface area (Å²) in [6, 6.07) is 7.57. The van der Waals surface area contributed by atoms with Crippen molar-refractivity contribution in [3.05, 3.63) is 36.1 Å². The van der Waals surface area contributed by atoms with Crippen molar-refractivity contribution < 1.29 is 9.52 Å². The third-order valence-corrected chi connectivity index (χ3v) is 3.68. The zero-order chi connectivity index (χ0) is 13.2. The first kappa shape index (κ1) is 13.4. The standard InChI is InChI=1S/C14H18ClNO2/c1-14(17,13(16-2)5-7-15)11-4-3-10-6-8-18-12(10)9-11/h3-4,6,8-9,13,16-17H,5,7H2,1-2H3. The van der Waals surface area contributed by atoms with E-state index in [0.29, 0.717) is 12.3 Å². The van der Waals surface area contributed by atoms with Crippen LogP contribution in [0.15, 0.2) is 34.9 Å². The molecular formula is C14H18ClNO2. The smallest absolute Gasteiger partial charge is 0.134 e. The summed E-state index contributed by atoms with van der Waals surface area (Å²) in [6.45, 7) is 1.80. The normalized spacial score (nSPS) is 16.7. The number of hydrogen-bond acceptors (Lipinski definition) is 3. The molecule has 0 aliphatic heterocycles. The molecule has 3 nitrogen and oxygen atoms in total. The van der Waals surface area contributed by atoms with Gasteiger partial charge in [-0.1, -0.05) is 12.1 Å². The first-order valence-electron chi connectivity index (χ1n) is 6.03. The van der Waals surface area contributed by atoms with Crippen molar-refractivity contribution in [3.8, 4) is 0 Å². The molecule has 1 aromatic carbocycles. The zero-order valence-corrected chi connectivity index (χ0v) is 11.4. The Morgan fingerprint density at radius 3 is 2.89 bits per heavy atom. The summed E-state index contributed by atoms with van der Waals surface area (Å²) in [5.41, 5.74) is 0.632. The Kier molecular flexibility index (Phi) is 3.95. The lowest BCUT2D eigenvalue weighted by molar-refractivity contribution is 0.0167. The van der Waals surface area contributed by atoms with Gasteiger partial charge < -0.3 is 14.8 Å². The van der Waals surface area contributed by atoms with Gasteiger partial charge in [0, 0.05) is 17.3 Å². The van der Waals surface area contributed by atoms with Crippen molar-refractivity contribution in [3.63, 3.8) is 0 Å². The second kappa shape index (κ2) is 5.31. The number of rotatable bonds is 5. The highest BCUT2D eigenvalue weighted by atomic mass is 35.5. The van der Waals surface area contributed by atoms with Crippen LogP contribution in [0.4, 0.5) is 0 Å². The summed E-state index contributed by atoms with van der Waals surface area (Å²) < 4.78 is 5.37. The Morgan fingerprint density at radius 1 is 1.44 bits per heavy atom. The van der Waals surface area contributed by atoms with Crippen molar-refractivity contribution in [2.45, 2.75) is 25.0 Å². The van der Waals surface area contributed by atoms with E-state index in [2.05, 4.69) is 5.32 Å². The van der Waals surface area contributed by atoms with Crippen LogP contribution in [-0.2, 0) is 5.60 Å². The lowest BCUT2D eigenvalue weighted by Crippen LogP contribution is -2.45. The average molecular weight is 268 g/mol. The molecule has 0 saturated carbocycles. The topological polar surface area (TPSA) is 45.4 Å². The molecule has 1 heterocycles. The van der Waals surface area contributed by atoms with Crippen molar-refractivity contribution in [2.24, 2.45) is 0 Å². The molecule has 2 atom stereocenters. The van der Waals surface area contributed by atoms with Gasteiger partial charge in [0.15, 0.2) is 0 Å². The van der Waals surface area contributed by atoms with Crippen LogP contribution >= 0.6 is 11.6 Å². The molecule has 0 fully saturated rings. The molecule has 4 heteroatoms. The van der Waals surface area contributed by atoms with E-state index in [1.54, 1.807) is 13.2 Å². The third kappa shape index (κ3) is 2.39. The second-order valence-electron chi connectivity index (χ2n) is 4.64. The lowest BCUT2D eigenvalue weighted by Gasteiger charge is -2.33. The molecule has 2 rings (SSSR count). The Bertz CT molecular complexity index is 521. The fourth-order valence-corrected chi connectivity index (χ4v) is 2.50. The molecular weight excluding hydrogens is 250 g/mol. The monoisotopic (exact) mass is 267 g/mol. The van der Waals surface area contributed by atoms with Crippen LogP contribution in [0.2, 0.25) is 0 Å². The van der Waals surface area contributed by atoms with E-state index >= 15 is 0 Å². The molecule has 2 aromatic rings.